The molecular formula is C8H7FN2O4. The first-order chi connectivity index (χ1) is 7.04. The lowest BCUT2D eigenvalue weighted by molar-refractivity contribution is -0.387. The van der Waals surface area contributed by atoms with Crippen molar-refractivity contribution in [2.75, 3.05) is 12.4 Å². The molecule has 0 unspecified atom stereocenters. The topological polar surface area (TPSA) is 81.5 Å². The van der Waals surface area contributed by atoms with Crippen LogP contribution in [-0.2, 0) is 4.74 Å². The smallest absolute Gasteiger partial charge is 0.411 e. The van der Waals surface area contributed by atoms with Gasteiger partial charge in [0.05, 0.1) is 12.0 Å². The third kappa shape index (κ3) is 2.63. The van der Waals surface area contributed by atoms with Crippen molar-refractivity contribution in [1.29, 1.82) is 0 Å². The van der Waals surface area contributed by atoms with Gasteiger partial charge >= 0.3 is 11.8 Å². The van der Waals surface area contributed by atoms with E-state index >= 15 is 0 Å². The monoisotopic (exact) mass is 214 g/mol. The number of benzene rings is 1. The van der Waals surface area contributed by atoms with E-state index < -0.39 is 22.5 Å². The van der Waals surface area contributed by atoms with Crippen molar-refractivity contribution < 1.29 is 18.8 Å². The number of nitro groups is 1. The molecule has 1 N–H and O–H groups in total. The summed E-state index contributed by atoms with van der Waals surface area (Å²) in [5.74, 6) is -1.02. The molecule has 1 rings (SSSR count). The van der Waals surface area contributed by atoms with Crippen molar-refractivity contribution in [3.8, 4) is 0 Å². The van der Waals surface area contributed by atoms with Crippen LogP contribution >= 0.6 is 0 Å². The fraction of sp³-hybridized carbons (Fsp3) is 0.125. The molecule has 0 aliphatic rings. The van der Waals surface area contributed by atoms with Gasteiger partial charge in [-0.3, -0.25) is 15.4 Å². The number of carbonyl (C=O) groups is 1. The zero-order valence-electron chi connectivity index (χ0n) is 7.69. The normalized spacial score (nSPS) is 9.47. The van der Waals surface area contributed by atoms with Gasteiger partial charge in [0.1, 0.15) is 0 Å². The Bertz CT molecular complexity index is 408. The van der Waals surface area contributed by atoms with Gasteiger partial charge in [-0.2, -0.15) is 4.39 Å². The quantitative estimate of drug-likeness (QED) is 0.602. The lowest BCUT2D eigenvalue weighted by Crippen LogP contribution is -2.11. The van der Waals surface area contributed by atoms with Gasteiger partial charge in [-0.1, -0.05) is 0 Å². The number of halogens is 1. The van der Waals surface area contributed by atoms with Gasteiger partial charge in [0.2, 0.25) is 5.82 Å². The van der Waals surface area contributed by atoms with Gasteiger partial charge in [-0.05, 0) is 6.07 Å². The van der Waals surface area contributed by atoms with Crippen LogP contribution in [-0.4, -0.2) is 18.1 Å². The van der Waals surface area contributed by atoms with Crippen molar-refractivity contribution in [1.82, 2.24) is 0 Å². The molecule has 1 aromatic carbocycles. The highest BCUT2D eigenvalue weighted by atomic mass is 19.1. The highest BCUT2D eigenvalue weighted by Gasteiger charge is 2.14. The number of anilines is 1. The molecule has 0 aliphatic heterocycles. The number of hydrogen-bond donors (Lipinski definition) is 1. The minimum Gasteiger partial charge on any atom is -0.453 e. The Hall–Kier alpha value is -2.18. The average molecular weight is 214 g/mol. The summed E-state index contributed by atoms with van der Waals surface area (Å²) in [6.07, 6.45) is -0.775. The molecule has 0 radical (unpaired) electrons. The number of ether oxygens (including phenoxy) is 1. The maximum absolute atomic E-state index is 13.0. The Balaban J connectivity index is 2.91. The number of hydrogen-bond acceptors (Lipinski definition) is 4. The second kappa shape index (κ2) is 4.36. The van der Waals surface area contributed by atoms with Gasteiger partial charge in [-0.25, -0.2) is 4.79 Å². The van der Waals surface area contributed by atoms with Crippen LogP contribution in [0.3, 0.4) is 0 Å². The summed E-state index contributed by atoms with van der Waals surface area (Å²) in [6, 6.07) is 3.01. The van der Waals surface area contributed by atoms with E-state index in [0.717, 1.165) is 19.2 Å². The van der Waals surface area contributed by atoms with Crippen molar-refractivity contribution in [2.45, 2.75) is 0 Å². The molecule has 0 bridgehead atoms. The standard InChI is InChI=1S/C8H7FN2O4/c1-15-8(12)10-5-2-3-7(11(13)14)6(9)4-5/h2-4H,1H3,(H,10,12). The van der Waals surface area contributed by atoms with Gasteiger partial charge in [0, 0.05) is 17.8 Å². The Morgan fingerprint density at radius 3 is 2.73 bits per heavy atom. The number of nitrogens with one attached hydrogen (secondary N) is 1. The van der Waals surface area contributed by atoms with E-state index in [4.69, 9.17) is 0 Å². The van der Waals surface area contributed by atoms with Crippen LogP contribution in [0.4, 0.5) is 20.6 Å². The summed E-state index contributed by atoms with van der Waals surface area (Å²) in [7, 11) is 1.15. The van der Waals surface area contributed by atoms with Crippen molar-refractivity contribution in [3.05, 3.63) is 34.1 Å². The molecule has 0 heterocycles. The van der Waals surface area contributed by atoms with E-state index in [9.17, 15) is 19.3 Å². The maximum atomic E-state index is 13.0. The van der Waals surface area contributed by atoms with Crippen LogP contribution in [0.5, 0.6) is 0 Å². The van der Waals surface area contributed by atoms with E-state index in [-0.39, 0.29) is 5.69 Å². The molecule has 1 aromatic rings. The summed E-state index contributed by atoms with van der Waals surface area (Å²) in [5.41, 5.74) is -0.560. The predicted octanol–water partition coefficient (Wildman–Crippen LogP) is 1.91. The van der Waals surface area contributed by atoms with Crippen LogP contribution in [0.25, 0.3) is 0 Å². The average Bonchev–Trinajstić information content (AvgIpc) is 2.17. The van der Waals surface area contributed by atoms with Crippen molar-refractivity contribution in [2.24, 2.45) is 0 Å². The van der Waals surface area contributed by atoms with E-state index in [1.165, 1.54) is 6.07 Å². The lowest BCUT2D eigenvalue weighted by Gasteiger charge is -2.03. The molecule has 0 saturated heterocycles. The molecule has 1 amide bonds. The first-order valence-corrected chi connectivity index (χ1v) is 3.83. The zero-order valence-corrected chi connectivity index (χ0v) is 7.69. The van der Waals surface area contributed by atoms with Crippen LogP contribution in [0.1, 0.15) is 0 Å². The molecule has 0 saturated carbocycles. The van der Waals surface area contributed by atoms with Crippen LogP contribution in [0.15, 0.2) is 18.2 Å². The zero-order chi connectivity index (χ0) is 11.4. The van der Waals surface area contributed by atoms with E-state index in [1.807, 2.05) is 0 Å². The number of methoxy groups -OCH3 is 1. The second-order valence-corrected chi connectivity index (χ2v) is 2.54. The molecule has 0 atom stereocenters. The molecule has 15 heavy (non-hydrogen) atoms. The molecule has 7 heteroatoms. The Kier molecular flexibility index (Phi) is 3.17. The maximum Gasteiger partial charge on any atom is 0.411 e. The number of nitro benzene ring substituents is 1. The molecule has 0 spiro atoms. The summed E-state index contributed by atoms with van der Waals surface area (Å²) in [4.78, 5) is 20.1. The Labute approximate surface area is 83.8 Å². The predicted molar refractivity (Wildman–Crippen MR) is 49.1 cm³/mol. The lowest BCUT2D eigenvalue weighted by atomic mass is 10.3. The fourth-order valence-corrected chi connectivity index (χ4v) is 0.902. The minimum atomic E-state index is -1.02. The third-order valence-corrected chi connectivity index (χ3v) is 1.58. The van der Waals surface area contributed by atoms with E-state index in [0.29, 0.717) is 0 Å². The summed E-state index contributed by atoms with van der Waals surface area (Å²) < 4.78 is 17.3. The highest BCUT2D eigenvalue weighted by Crippen LogP contribution is 2.20. The van der Waals surface area contributed by atoms with Gasteiger partial charge in [0.25, 0.3) is 0 Å². The van der Waals surface area contributed by atoms with Crippen LogP contribution in [0, 0.1) is 15.9 Å². The first kappa shape index (κ1) is 10.9. The van der Waals surface area contributed by atoms with Gasteiger partial charge in [-0.15, -0.1) is 0 Å². The second-order valence-electron chi connectivity index (χ2n) is 2.54. The fourth-order valence-electron chi connectivity index (χ4n) is 0.902. The Morgan fingerprint density at radius 1 is 1.60 bits per heavy atom. The van der Waals surface area contributed by atoms with E-state index in [1.54, 1.807) is 0 Å². The Morgan fingerprint density at radius 2 is 2.27 bits per heavy atom. The minimum absolute atomic E-state index is 0.0879. The molecule has 0 aliphatic carbocycles. The largest absolute Gasteiger partial charge is 0.453 e. The summed E-state index contributed by atoms with van der Waals surface area (Å²) in [6.45, 7) is 0. The number of amides is 1. The molecular weight excluding hydrogens is 207 g/mol. The molecule has 0 aromatic heterocycles. The SMILES string of the molecule is COC(=O)Nc1ccc([N+](=O)[O-])c(F)c1. The molecule has 0 fully saturated rings. The number of carbonyl (C=O) groups excluding carboxylic acids is 1. The first-order valence-electron chi connectivity index (χ1n) is 3.83. The van der Waals surface area contributed by atoms with E-state index in [2.05, 4.69) is 10.1 Å². The summed E-state index contributed by atoms with van der Waals surface area (Å²) in [5, 5.41) is 12.4. The third-order valence-electron chi connectivity index (χ3n) is 1.58. The highest BCUT2D eigenvalue weighted by molar-refractivity contribution is 5.84. The number of rotatable bonds is 2. The number of nitrogens with zero attached hydrogens (tertiary/aromatic N) is 1. The van der Waals surface area contributed by atoms with Crippen molar-refractivity contribution in [3.63, 3.8) is 0 Å². The molecule has 6 nitrogen and oxygen atoms in total. The summed E-state index contributed by atoms with van der Waals surface area (Å²) >= 11 is 0. The van der Waals surface area contributed by atoms with Gasteiger partial charge < -0.3 is 4.74 Å². The van der Waals surface area contributed by atoms with Crippen molar-refractivity contribution >= 4 is 17.5 Å². The van der Waals surface area contributed by atoms with Gasteiger partial charge in [0.15, 0.2) is 0 Å². The molecule has 80 valence electrons. The van der Waals surface area contributed by atoms with Crippen LogP contribution < -0.4 is 5.32 Å². The van der Waals surface area contributed by atoms with Crippen LogP contribution in [0.2, 0.25) is 0 Å².